The summed E-state index contributed by atoms with van der Waals surface area (Å²) in [5, 5.41) is 1.13. The zero-order valence-electron chi connectivity index (χ0n) is 15.7. The molecule has 3 rings (SSSR count). The molecule has 0 unspecified atom stereocenters. The smallest absolute Gasteiger partial charge is 0.203 e. The van der Waals surface area contributed by atoms with E-state index in [9.17, 15) is 4.79 Å². The number of ether oxygens (including phenoxy) is 1. The molecular formula is C20H26N2O2S2. The summed E-state index contributed by atoms with van der Waals surface area (Å²) in [6.45, 7) is 5.59. The Balaban J connectivity index is 0.00000117. The summed E-state index contributed by atoms with van der Waals surface area (Å²) in [4.78, 5) is 14.8. The number of hydrogen-bond donors (Lipinski definition) is 2. The summed E-state index contributed by atoms with van der Waals surface area (Å²) in [7, 11) is 1.63. The molecule has 2 aromatic heterocycles. The van der Waals surface area contributed by atoms with Crippen LogP contribution in [0.3, 0.4) is 0 Å². The number of carbonyl (C=O) groups excluding carboxylic acids is 1. The SMILES string of the molecule is COc1ccc(C(=O)c2cc3cc(C)n(CCCN)c3s2)c(C)c1.CS. The Labute approximate surface area is 164 Å². The number of methoxy groups -OCH3 is 1. The van der Waals surface area contributed by atoms with Crippen molar-refractivity contribution >= 4 is 40.0 Å². The maximum Gasteiger partial charge on any atom is 0.203 e. The standard InChI is InChI=1S/C19H22N2O2S.CH4S/c1-12-9-15(23-3)5-6-16(12)18(22)17-11-14-10-13(2)21(8-4-7-20)19(14)24-17;1-2/h5-6,9-11H,4,7-8,20H2,1-3H3;2H,1H3. The molecule has 140 valence electrons. The Morgan fingerprint density at radius 3 is 2.58 bits per heavy atom. The van der Waals surface area contributed by atoms with Gasteiger partial charge < -0.3 is 15.0 Å². The molecule has 6 heteroatoms. The van der Waals surface area contributed by atoms with Gasteiger partial charge in [0.05, 0.1) is 12.0 Å². The lowest BCUT2D eigenvalue weighted by atomic mass is 10.0. The van der Waals surface area contributed by atoms with Crippen molar-refractivity contribution in [3.63, 3.8) is 0 Å². The molecule has 0 saturated heterocycles. The third-order valence-corrected chi connectivity index (χ3v) is 5.44. The van der Waals surface area contributed by atoms with Gasteiger partial charge in [0.1, 0.15) is 10.6 Å². The first-order valence-electron chi connectivity index (χ1n) is 8.49. The van der Waals surface area contributed by atoms with Gasteiger partial charge in [0.25, 0.3) is 0 Å². The van der Waals surface area contributed by atoms with Crippen LogP contribution < -0.4 is 10.5 Å². The average molecular weight is 391 g/mol. The van der Waals surface area contributed by atoms with Gasteiger partial charge in [0.15, 0.2) is 0 Å². The molecule has 0 bridgehead atoms. The second kappa shape index (κ2) is 9.26. The predicted molar refractivity (Wildman–Crippen MR) is 114 cm³/mol. The van der Waals surface area contributed by atoms with Crippen LogP contribution in [-0.4, -0.2) is 30.3 Å². The van der Waals surface area contributed by atoms with Crippen molar-refractivity contribution in [1.82, 2.24) is 4.57 Å². The number of hydrogen-bond acceptors (Lipinski definition) is 5. The van der Waals surface area contributed by atoms with Gasteiger partial charge in [-0.3, -0.25) is 4.79 Å². The van der Waals surface area contributed by atoms with E-state index < -0.39 is 0 Å². The predicted octanol–water partition coefficient (Wildman–Crippen LogP) is 4.45. The Hall–Kier alpha value is -1.76. The number of nitrogens with two attached hydrogens (primary N) is 1. The average Bonchev–Trinajstić information content (AvgIpc) is 3.18. The third kappa shape index (κ3) is 4.14. The lowest BCUT2D eigenvalue weighted by Crippen LogP contribution is -2.06. The van der Waals surface area contributed by atoms with Crippen LogP contribution in [0.2, 0.25) is 0 Å². The number of benzene rings is 1. The highest BCUT2D eigenvalue weighted by Crippen LogP contribution is 2.31. The quantitative estimate of drug-likeness (QED) is 0.483. The minimum absolute atomic E-state index is 0.0689. The van der Waals surface area contributed by atoms with Crippen LogP contribution in [0.1, 0.15) is 32.9 Å². The molecule has 0 radical (unpaired) electrons. The van der Waals surface area contributed by atoms with E-state index in [-0.39, 0.29) is 5.78 Å². The van der Waals surface area contributed by atoms with Gasteiger partial charge in [-0.25, -0.2) is 0 Å². The highest BCUT2D eigenvalue weighted by Gasteiger charge is 2.18. The van der Waals surface area contributed by atoms with Crippen molar-refractivity contribution in [2.45, 2.75) is 26.8 Å². The van der Waals surface area contributed by atoms with Crippen LogP contribution in [0, 0.1) is 13.8 Å². The van der Waals surface area contributed by atoms with E-state index in [4.69, 9.17) is 10.5 Å². The normalized spacial score (nSPS) is 10.5. The molecule has 1 aromatic carbocycles. The molecule has 0 spiro atoms. The van der Waals surface area contributed by atoms with Gasteiger partial charge in [0.2, 0.25) is 5.78 Å². The molecule has 0 atom stereocenters. The van der Waals surface area contributed by atoms with E-state index in [0.717, 1.165) is 44.9 Å². The summed E-state index contributed by atoms with van der Waals surface area (Å²) in [5.41, 5.74) is 8.50. The van der Waals surface area contributed by atoms with Crippen molar-refractivity contribution in [1.29, 1.82) is 0 Å². The fourth-order valence-corrected chi connectivity index (χ4v) is 4.14. The van der Waals surface area contributed by atoms with Crippen molar-refractivity contribution in [3.05, 3.63) is 52.0 Å². The van der Waals surface area contributed by atoms with Gasteiger partial charge in [-0.2, -0.15) is 12.6 Å². The number of carbonyl (C=O) groups is 1. The Morgan fingerprint density at radius 2 is 1.96 bits per heavy atom. The molecule has 0 fully saturated rings. The fourth-order valence-electron chi connectivity index (χ4n) is 2.96. The highest BCUT2D eigenvalue weighted by molar-refractivity contribution is 7.79. The first-order valence-corrected chi connectivity index (χ1v) is 10.2. The second-order valence-electron chi connectivity index (χ2n) is 5.96. The Bertz CT molecular complexity index is 897. The minimum atomic E-state index is 0.0689. The molecule has 4 nitrogen and oxygen atoms in total. The molecule has 0 saturated carbocycles. The maximum atomic E-state index is 12.9. The lowest BCUT2D eigenvalue weighted by molar-refractivity contribution is 0.104. The lowest BCUT2D eigenvalue weighted by Gasteiger charge is -2.07. The topological polar surface area (TPSA) is 57.2 Å². The summed E-state index contributed by atoms with van der Waals surface area (Å²) in [6.07, 6.45) is 2.63. The number of rotatable bonds is 6. The minimum Gasteiger partial charge on any atom is -0.497 e. The van der Waals surface area contributed by atoms with Crippen molar-refractivity contribution in [3.8, 4) is 5.75 Å². The second-order valence-corrected chi connectivity index (χ2v) is 6.99. The van der Waals surface area contributed by atoms with E-state index >= 15 is 0 Å². The van der Waals surface area contributed by atoms with Crippen LogP contribution >= 0.6 is 24.0 Å². The zero-order valence-corrected chi connectivity index (χ0v) is 17.4. The van der Waals surface area contributed by atoms with Crippen LogP contribution in [-0.2, 0) is 6.54 Å². The van der Waals surface area contributed by atoms with Crippen LogP contribution in [0.5, 0.6) is 5.75 Å². The third-order valence-electron chi connectivity index (χ3n) is 4.26. The van der Waals surface area contributed by atoms with E-state index in [2.05, 4.69) is 30.2 Å². The number of nitrogens with zero attached hydrogens (tertiary/aromatic N) is 1. The first kappa shape index (κ1) is 20.6. The molecule has 26 heavy (non-hydrogen) atoms. The van der Waals surface area contributed by atoms with Gasteiger partial charge >= 0.3 is 0 Å². The monoisotopic (exact) mass is 390 g/mol. The Kier molecular flexibility index (Phi) is 7.32. The summed E-state index contributed by atoms with van der Waals surface area (Å²) in [5.74, 6) is 0.837. The molecule has 3 aromatic rings. The molecular weight excluding hydrogens is 364 g/mol. The van der Waals surface area contributed by atoms with E-state index in [1.54, 1.807) is 24.7 Å². The Morgan fingerprint density at radius 1 is 1.23 bits per heavy atom. The van der Waals surface area contributed by atoms with Crippen molar-refractivity contribution in [2.24, 2.45) is 5.73 Å². The largest absolute Gasteiger partial charge is 0.497 e. The molecule has 0 aliphatic rings. The number of fused-ring (bicyclic) bond motifs is 1. The van der Waals surface area contributed by atoms with E-state index in [1.807, 2.05) is 31.2 Å². The van der Waals surface area contributed by atoms with Gasteiger partial charge in [0, 0.05) is 23.2 Å². The maximum absolute atomic E-state index is 12.9. The fraction of sp³-hybridized carbons (Fsp3) is 0.350. The van der Waals surface area contributed by atoms with Gasteiger partial charge in [-0.05, 0) is 69.0 Å². The van der Waals surface area contributed by atoms with E-state index in [0.29, 0.717) is 6.54 Å². The number of aryl methyl sites for hydroxylation is 3. The van der Waals surface area contributed by atoms with Crippen LogP contribution in [0.25, 0.3) is 10.2 Å². The summed E-state index contributed by atoms with van der Waals surface area (Å²) >= 11 is 5.09. The first-order chi connectivity index (χ1) is 12.5. The van der Waals surface area contributed by atoms with Crippen molar-refractivity contribution < 1.29 is 9.53 Å². The molecule has 2 heterocycles. The number of aromatic nitrogens is 1. The van der Waals surface area contributed by atoms with Crippen LogP contribution in [0.15, 0.2) is 30.3 Å². The van der Waals surface area contributed by atoms with Gasteiger partial charge in [-0.1, -0.05) is 0 Å². The molecule has 0 aliphatic carbocycles. The molecule has 2 N–H and O–H groups in total. The summed E-state index contributed by atoms with van der Waals surface area (Å²) < 4.78 is 7.47. The number of thiophene rings is 1. The summed E-state index contributed by atoms with van der Waals surface area (Å²) in [6, 6.07) is 9.71. The number of thiol groups is 1. The van der Waals surface area contributed by atoms with Crippen molar-refractivity contribution in [2.75, 3.05) is 19.9 Å². The van der Waals surface area contributed by atoms with Gasteiger partial charge in [-0.15, -0.1) is 11.3 Å². The zero-order chi connectivity index (χ0) is 19.3. The van der Waals surface area contributed by atoms with Crippen LogP contribution in [0.4, 0.5) is 0 Å². The van der Waals surface area contributed by atoms with E-state index in [1.165, 1.54) is 5.69 Å². The highest BCUT2D eigenvalue weighted by atomic mass is 32.1. The molecule has 0 amide bonds. The molecule has 0 aliphatic heterocycles. The number of ketones is 1.